The smallest absolute Gasteiger partial charge is 0.375 e. The molecule has 0 saturated carbocycles. The SMILES string of the molecule is O=C(CNc1cccc(C(F)(F)F)c1S(=O)(=O)c1ccccc1)Nc1ccccc1. The summed E-state index contributed by atoms with van der Waals surface area (Å²) in [5, 5.41) is 5.10. The number of halogens is 3. The van der Waals surface area contributed by atoms with Gasteiger partial charge in [0.05, 0.1) is 22.7 Å². The Bertz CT molecular complexity index is 1130. The molecule has 0 radical (unpaired) electrons. The summed E-state index contributed by atoms with van der Waals surface area (Å²) in [4.78, 5) is 11.0. The first-order valence-electron chi connectivity index (χ1n) is 8.79. The quantitative estimate of drug-likeness (QED) is 0.595. The van der Waals surface area contributed by atoms with Crippen LogP contribution in [0.15, 0.2) is 88.7 Å². The topological polar surface area (TPSA) is 75.3 Å². The third-order valence-electron chi connectivity index (χ3n) is 4.14. The Hall–Kier alpha value is -3.33. The summed E-state index contributed by atoms with van der Waals surface area (Å²) in [6.45, 7) is -0.423. The first kappa shape index (κ1) is 21.4. The Morgan fingerprint density at radius 2 is 1.43 bits per heavy atom. The zero-order chi connectivity index (χ0) is 21.8. The standard InChI is InChI=1S/C21H17F3N2O3S/c22-21(23,24)17-12-7-13-18(20(17)30(28,29)16-10-5-2-6-11-16)25-14-19(27)26-15-8-3-1-4-9-15/h1-13,25H,14H2,(H,26,27). The molecule has 0 fully saturated rings. The molecule has 0 saturated heterocycles. The molecule has 0 aromatic heterocycles. The lowest BCUT2D eigenvalue weighted by molar-refractivity contribution is -0.139. The van der Waals surface area contributed by atoms with Gasteiger partial charge in [0.2, 0.25) is 15.7 Å². The van der Waals surface area contributed by atoms with Gasteiger partial charge in [0.1, 0.15) is 4.90 Å². The minimum Gasteiger partial charge on any atom is -0.375 e. The fourth-order valence-corrected chi connectivity index (χ4v) is 4.46. The van der Waals surface area contributed by atoms with Crippen LogP contribution in [0.2, 0.25) is 0 Å². The first-order valence-corrected chi connectivity index (χ1v) is 10.3. The summed E-state index contributed by atoms with van der Waals surface area (Å²) in [6.07, 6.45) is -4.90. The van der Waals surface area contributed by atoms with Gasteiger partial charge in [-0.3, -0.25) is 4.79 Å². The summed E-state index contributed by atoms with van der Waals surface area (Å²) >= 11 is 0. The number of para-hydroxylation sites is 1. The highest BCUT2D eigenvalue weighted by Gasteiger charge is 2.39. The van der Waals surface area contributed by atoms with Gasteiger partial charge in [-0.25, -0.2) is 8.42 Å². The van der Waals surface area contributed by atoms with Crippen molar-refractivity contribution in [2.24, 2.45) is 0 Å². The number of carbonyl (C=O) groups is 1. The van der Waals surface area contributed by atoms with Crippen molar-refractivity contribution in [3.8, 4) is 0 Å². The molecule has 0 aliphatic rings. The minimum absolute atomic E-state index is 0.279. The van der Waals surface area contributed by atoms with Crippen molar-refractivity contribution < 1.29 is 26.4 Å². The monoisotopic (exact) mass is 434 g/mol. The van der Waals surface area contributed by atoms with E-state index in [4.69, 9.17) is 0 Å². The Labute approximate surface area is 171 Å². The number of anilines is 2. The highest BCUT2D eigenvalue weighted by molar-refractivity contribution is 7.91. The summed E-state index contributed by atoms with van der Waals surface area (Å²) in [6, 6.07) is 18.3. The first-order chi connectivity index (χ1) is 14.2. The summed E-state index contributed by atoms with van der Waals surface area (Å²) < 4.78 is 66.8. The molecule has 0 atom stereocenters. The summed E-state index contributed by atoms with van der Waals surface area (Å²) in [5.41, 5.74) is -1.11. The lowest BCUT2D eigenvalue weighted by Gasteiger charge is -2.18. The molecule has 0 bridgehead atoms. The molecule has 9 heteroatoms. The second-order valence-corrected chi connectivity index (χ2v) is 8.15. The van der Waals surface area contributed by atoms with Crippen LogP contribution >= 0.6 is 0 Å². The normalized spacial score (nSPS) is 11.7. The molecule has 5 nitrogen and oxygen atoms in total. The van der Waals surface area contributed by atoms with Gasteiger partial charge in [0, 0.05) is 5.69 Å². The lowest BCUT2D eigenvalue weighted by atomic mass is 10.2. The van der Waals surface area contributed by atoms with Gasteiger partial charge in [-0.2, -0.15) is 13.2 Å². The maximum absolute atomic E-state index is 13.6. The minimum atomic E-state index is -4.90. The van der Waals surface area contributed by atoms with Crippen molar-refractivity contribution in [3.05, 3.63) is 84.4 Å². The molecule has 3 aromatic carbocycles. The fourth-order valence-electron chi connectivity index (χ4n) is 2.81. The summed E-state index contributed by atoms with van der Waals surface area (Å²) in [7, 11) is -4.50. The van der Waals surface area contributed by atoms with E-state index in [2.05, 4.69) is 10.6 Å². The maximum atomic E-state index is 13.6. The lowest BCUT2D eigenvalue weighted by Crippen LogP contribution is -2.23. The van der Waals surface area contributed by atoms with E-state index in [0.29, 0.717) is 11.8 Å². The third-order valence-corrected chi connectivity index (χ3v) is 6.01. The highest BCUT2D eigenvalue weighted by atomic mass is 32.2. The number of sulfone groups is 1. The van der Waals surface area contributed by atoms with Crippen LogP contribution in [-0.2, 0) is 20.8 Å². The van der Waals surface area contributed by atoms with Crippen LogP contribution in [0.1, 0.15) is 5.56 Å². The Morgan fingerprint density at radius 3 is 2.03 bits per heavy atom. The molecule has 30 heavy (non-hydrogen) atoms. The molecule has 0 unspecified atom stereocenters. The van der Waals surface area contributed by atoms with E-state index in [-0.39, 0.29) is 10.6 Å². The van der Waals surface area contributed by atoms with Crippen molar-refractivity contribution >= 4 is 27.1 Å². The van der Waals surface area contributed by atoms with Crippen LogP contribution in [0, 0.1) is 0 Å². The predicted molar refractivity (Wildman–Crippen MR) is 107 cm³/mol. The number of nitrogens with one attached hydrogen (secondary N) is 2. The van der Waals surface area contributed by atoms with Crippen LogP contribution in [-0.4, -0.2) is 20.9 Å². The number of benzene rings is 3. The van der Waals surface area contributed by atoms with Gasteiger partial charge in [0.15, 0.2) is 0 Å². The molecular formula is C21H17F3N2O3S. The molecule has 0 heterocycles. The molecule has 2 N–H and O–H groups in total. The van der Waals surface area contributed by atoms with E-state index in [1.54, 1.807) is 36.4 Å². The van der Waals surface area contributed by atoms with Crippen LogP contribution in [0.3, 0.4) is 0 Å². The molecule has 0 aliphatic carbocycles. The third kappa shape index (κ3) is 4.80. The van der Waals surface area contributed by atoms with Crippen molar-refractivity contribution in [2.75, 3.05) is 17.2 Å². The van der Waals surface area contributed by atoms with Gasteiger partial charge in [-0.15, -0.1) is 0 Å². The van der Waals surface area contributed by atoms with Gasteiger partial charge < -0.3 is 10.6 Å². The van der Waals surface area contributed by atoms with Gasteiger partial charge >= 0.3 is 6.18 Å². The Morgan fingerprint density at radius 1 is 0.833 bits per heavy atom. The van der Waals surface area contributed by atoms with Crippen LogP contribution < -0.4 is 10.6 Å². The molecule has 156 valence electrons. The zero-order valence-corrected chi connectivity index (χ0v) is 16.3. The number of carbonyl (C=O) groups excluding carboxylic acids is 1. The molecule has 3 rings (SSSR count). The van der Waals surface area contributed by atoms with Crippen molar-refractivity contribution in [3.63, 3.8) is 0 Å². The largest absolute Gasteiger partial charge is 0.417 e. The van der Waals surface area contributed by atoms with E-state index in [1.807, 2.05) is 0 Å². The number of amides is 1. The Kier molecular flexibility index (Phi) is 6.12. The number of rotatable bonds is 6. The predicted octanol–water partition coefficient (Wildman–Crippen LogP) is 4.59. The Balaban J connectivity index is 1.96. The molecular weight excluding hydrogens is 417 g/mol. The molecule has 0 spiro atoms. The van der Waals surface area contributed by atoms with Gasteiger partial charge in [0.25, 0.3) is 0 Å². The second-order valence-electron chi connectivity index (χ2n) is 6.26. The maximum Gasteiger partial charge on any atom is 0.417 e. The average molecular weight is 434 g/mol. The average Bonchev–Trinajstić information content (AvgIpc) is 2.72. The van der Waals surface area contributed by atoms with Crippen molar-refractivity contribution in [1.82, 2.24) is 0 Å². The van der Waals surface area contributed by atoms with E-state index < -0.39 is 38.9 Å². The van der Waals surface area contributed by atoms with E-state index in [1.165, 1.54) is 30.3 Å². The fraction of sp³-hybridized carbons (Fsp3) is 0.0952. The van der Waals surface area contributed by atoms with E-state index in [9.17, 15) is 26.4 Å². The van der Waals surface area contributed by atoms with Crippen LogP contribution in [0.5, 0.6) is 0 Å². The molecule has 0 aliphatic heterocycles. The molecule has 1 amide bonds. The van der Waals surface area contributed by atoms with E-state index >= 15 is 0 Å². The zero-order valence-electron chi connectivity index (χ0n) is 15.5. The number of hydrogen-bond donors (Lipinski definition) is 2. The van der Waals surface area contributed by atoms with Crippen molar-refractivity contribution in [2.45, 2.75) is 16.0 Å². The van der Waals surface area contributed by atoms with Crippen LogP contribution in [0.4, 0.5) is 24.5 Å². The van der Waals surface area contributed by atoms with Gasteiger partial charge in [-0.1, -0.05) is 42.5 Å². The van der Waals surface area contributed by atoms with Crippen LogP contribution in [0.25, 0.3) is 0 Å². The number of hydrogen-bond acceptors (Lipinski definition) is 4. The highest BCUT2D eigenvalue weighted by Crippen LogP contribution is 2.40. The second kappa shape index (κ2) is 8.58. The summed E-state index contributed by atoms with van der Waals surface area (Å²) in [5.74, 6) is -0.540. The van der Waals surface area contributed by atoms with Crippen molar-refractivity contribution in [1.29, 1.82) is 0 Å². The molecule has 3 aromatic rings. The number of alkyl halides is 3. The van der Waals surface area contributed by atoms with E-state index in [0.717, 1.165) is 6.07 Å². The van der Waals surface area contributed by atoms with Gasteiger partial charge in [-0.05, 0) is 36.4 Å².